The van der Waals surface area contributed by atoms with Gasteiger partial charge in [-0.05, 0) is 31.9 Å². The van der Waals surface area contributed by atoms with Gasteiger partial charge in [0.05, 0.1) is 13.7 Å². The van der Waals surface area contributed by atoms with Crippen molar-refractivity contribution in [2.45, 2.75) is 19.8 Å². The van der Waals surface area contributed by atoms with E-state index in [2.05, 4.69) is 20.2 Å². The Labute approximate surface area is 153 Å². The van der Waals surface area contributed by atoms with Crippen molar-refractivity contribution in [1.29, 1.82) is 0 Å². The van der Waals surface area contributed by atoms with Crippen LogP contribution in [0.3, 0.4) is 0 Å². The number of nitrogens with zero attached hydrogens (tertiary/aromatic N) is 3. The van der Waals surface area contributed by atoms with E-state index in [1.165, 1.54) is 0 Å². The molecule has 1 aliphatic rings. The molecule has 2 aromatic rings. The maximum atomic E-state index is 12.0. The summed E-state index contributed by atoms with van der Waals surface area (Å²) in [4.78, 5) is 23.0. The van der Waals surface area contributed by atoms with Crippen molar-refractivity contribution in [1.82, 2.24) is 15.3 Å². The van der Waals surface area contributed by atoms with Crippen molar-refractivity contribution >= 4 is 11.7 Å². The van der Waals surface area contributed by atoms with Crippen molar-refractivity contribution in [3.05, 3.63) is 41.3 Å². The van der Waals surface area contributed by atoms with Crippen LogP contribution in [0.4, 0.5) is 5.82 Å². The van der Waals surface area contributed by atoms with Crippen LogP contribution in [0.5, 0.6) is 11.5 Å². The fraction of sp³-hybridized carbons (Fsp3) is 0.421. The van der Waals surface area contributed by atoms with Crippen LogP contribution in [0, 0.1) is 6.92 Å². The molecule has 0 saturated heterocycles. The highest BCUT2D eigenvalue weighted by Crippen LogP contribution is 2.26. The van der Waals surface area contributed by atoms with Gasteiger partial charge in [0.2, 0.25) is 0 Å². The Morgan fingerprint density at radius 2 is 2.00 bits per heavy atom. The minimum Gasteiger partial charge on any atom is -0.493 e. The van der Waals surface area contributed by atoms with E-state index in [1.54, 1.807) is 7.11 Å². The fourth-order valence-electron chi connectivity index (χ4n) is 3.03. The SMILES string of the molecule is COc1ccccc1OCCCN(C)c1nc(C)nc2c1CCNC2=O. The summed E-state index contributed by atoms with van der Waals surface area (Å²) in [6, 6.07) is 7.61. The molecule has 7 heteroatoms. The number of carbonyl (C=O) groups is 1. The largest absolute Gasteiger partial charge is 0.493 e. The zero-order chi connectivity index (χ0) is 18.5. The number of amides is 1. The molecule has 0 fully saturated rings. The molecule has 26 heavy (non-hydrogen) atoms. The van der Waals surface area contributed by atoms with Gasteiger partial charge in [0, 0.05) is 25.7 Å². The average Bonchev–Trinajstić information content (AvgIpc) is 2.65. The minimum absolute atomic E-state index is 0.120. The van der Waals surface area contributed by atoms with E-state index in [4.69, 9.17) is 9.47 Å². The predicted molar refractivity (Wildman–Crippen MR) is 99.2 cm³/mol. The number of aryl methyl sites for hydroxylation is 1. The van der Waals surface area contributed by atoms with E-state index in [-0.39, 0.29) is 5.91 Å². The van der Waals surface area contributed by atoms with Crippen LogP contribution in [0.1, 0.15) is 28.3 Å². The van der Waals surface area contributed by atoms with E-state index in [0.717, 1.165) is 42.3 Å². The van der Waals surface area contributed by atoms with Gasteiger partial charge in [-0.2, -0.15) is 0 Å². The van der Waals surface area contributed by atoms with Gasteiger partial charge in [0.25, 0.3) is 5.91 Å². The van der Waals surface area contributed by atoms with Gasteiger partial charge in [0.1, 0.15) is 17.3 Å². The number of hydrogen-bond donors (Lipinski definition) is 1. The number of nitrogens with one attached hydrogen (secondary N) is 1. The normalized spacial score (nSPS) is 13.0. The fourth-order valence-corrected chi connectivity index (χ4v) is 3.03. The number of aromatic nitrogens is 2. The molecule has 0 bridgehead atoms. The lowest BCUT2D eigenvalue weighted by molar-refractivity contribution is 0.0940. The standard InChI is InChI=1S/C19H24N4O3/c1-13-21-17-14(9-10-20-19(17)24)18(22-13)23(2)11-6-12-26-16-8-5-4-7-15(16)25-3/h4-5,7-8H,6,9-12H2,1-3H3,(H,20,24). The zero-order valence-electron chi connectivity index (χ0n) is 15.4. The number of rotatable bonds is 7. The number of benzene rings is 1. The third-order valence-electron chi connectivity index (χ3n) is 4.30. The number of fused-ring (bicyclic) bond motifs is 1. The molecule has 3 rings (SSSR count). The molecule has 2 heterocycles. The molecule has 0 atom stereocenters. The summed E-state index contributed by atoms with van der Waals surface area (Å²) in [5, 5.41) is 2.83. The molecule has 0 saturated carbocycles. The summed E-state index contributed by atoms with van der Waals surface area (Å²) >= 11 is 0. The molecule has 1 amide bonds. The lowest BCUT2D eigenvalue weighted by Crippen LogP contribution is -2.35. The van der Waals surface area contributed by atoms with Gasteiger partial charge < -0.3 is 19.7 Å². The second kappa shape index (κ2) is 8.03. The first-order valence-electron chi connectivity index (χ1n) is 8.73. The van der Waals surface area contributed by atoms with Crippen LogP contribution in [0.25, 0.3) is 0 Å². The monoisotopic (exact) mass is 356 g/mol. The number of anilines is 1. The molecular formula is C19H24N4O3. The first kappa shape index (κ1) is 18.0. The molecule has 0 aliphatic carbocycles. The Kier molecular flexibility index (Phi) is 5.55. The zero-order valence-corrected chi connectivity index (χ0v) is 15.4. The Morgan fingerprint density at radius 1 is 1.23 bits per heavy atom. The third kappa shape index (κ3) is 3.87. The molecule has 1 aliphatic heterocycles. The molecular weight excluding hydrogens is 332 g/mol. The summed E-state index contributed by atoms with van der Waals surface area (Å²) in [6.07, 6.45) is 1.57. The van der Waals surface area contributed by atoms with E-state index in [1.807, 2.05) is 38.2 Å². The van der Waals surface area contributed by atoms with Crippen LogP contribution in [0.15, 0.2) is 24.3 Å². The Bertz CT molecular complexity index is 794. The summed E-state index contributed by atoms with van der Waals surface area (Å²) in [5.74, 6) is 2.79. The maximum Gasteiger partial charge on any atom is 0.270 e. The van der Waals surface area contributed by atoms with Crippen molar-refractivity contribution < 1.29 is 14.3 Å². The van der Waals surface area contributed by atoms with E-state index >= 15 is 0 Å². The Morgan fingerprint density at radius 3 is 2.77 bits per heavy atom. The third-order valence-corrected chi connectivity index (χ3v) is 4.30. The maximum absolute atomic E-state index is 12.0. The number of hydrogen-bond acceptors (Lipinski definition) is 6. The van der Waals surface area contributed by atoms with Gasteiger partial charge >= 0.3 is 0 Å². The average molecular weight is 356 g/mol. The number of ether oxygens (including phenoxy) is 2. The van der Waals surface area contributed by atoms with Gasteiger partial charge in [-0.1, -0.05) is 12.1 Å². The van der Waals surface area contributed by atoms with Gasteiger partial charge in [0.15, 0.2) is 11.5 Å². The van der Waals surface area contributed by atoms with Crippen molar-refractivity contribution in [2.24, 2.45) is 0 Å². The Balaban J connectivity index is 1.62. The number of methoxy groups -OCH3 is 1. The minimum atomic E-state index is -0.120. The van der Waals surface area contributed by atoms with Crippen molar-refractivity contribution in [2.75, 3.05) is 38.8 Å². The second-order valence-corrected chi connectivity index (χ2v) is 6.20. The number of para-hydroxylation sites is 2. The smallest absolute Gasteiger partial charge is 0.270 e. The first-order chi connectivity index (χ1) is 12.6. The molecule has 1 aromatic carbocycles. The van der Waals surface area contributed by atoms with Crippen LogP contribution in [-0.4, -0.2) is 49.7 Å². The van der Waals surface area contributed by atoms with Gasteiger partial charge in [-0.3, -0.25) is 4.79 Å². The van der Waals surface area contributed by atoms with Crippen LogP contribution < -0.4 is 19.7 Å². The summed E-state index contributed by atoms with van der Waals surface area (Å²) in [7, 11) is 3.62. The lowest BCUT2D eigenvalue weighted by atomic mass is 10.1. The lowest BCUT2D eigenvalue weighted by Gasteiger charge is -2.25. The first-order valence-corrected chi connectivity index (χ1v) is 8.73. The van der Waals surface area contributed by atoms with E-state index in [0.29, 0.717) is 24.7 Å². The molecule has 0 spiro atoms. The molecule has 7 nitrogen and oxygen atoms in total. The highest BCUT2D eigenvalue weighted by molar-refractivity contribution is 5.96. The van der Waals surface area contributed by atoms with Gasteiger partial charge in [-0.25, -0.2) is 9.97 Å². The summed E-state index contributed by atoms with van der Waals surface area (Å²) < 4.78 is 11.1. The quantitative estimate of drug-likeness (QED) is 0.765. The van der Waals surface area contributed by atoms with Crippen molar-refractivity contribution in [3.8, 4) is 11.5 Å². The van der Waals surface area contributed by atoms with E-state index < -0.39 is 0 Å². The van der Waals surface area contributed by atoms with Crippen LogP contribution >= 0.6 is 0 Å². The highest BCUT2D eigenvalue weighted by atomic mass is 16.5. The summed E-state index contributed by atoms with van der Waals surface area (Å²) in [5.41, 5.74) is 1.42. The second-order valence-electron chi connectivity index (χ2n) is 6.20. The summed E-state index contributed by atoms with van der Waals surface area (Å²) in [6.45, 7) is 3.76. The van der Waals surface area contributed by atoms with Gasteiger partial charge in [-0.15, -0.1) is 0 Å². The van der Waals surface area contributed by atoms with Crippen molar-refractivity contribution in [3.63, 3.8) is 0 Å². The van der Waals surface area contributed by atoms with E-state index in [9.17, 15) is 4.79 Å². The number of carbonyl (C=O) groups excluding carboxylic acids is 1. The molecule has 0 radical (unpaired) electrons. The molecule has 1 aromatic heterocycles. The topological polar surface area (TPSA) is 76.6 Å². The molecule has 138 valence electrons. The van der Waals surface area contributed by atoms with Crippen LogP contribution in [-0.2, 0) is 6.42 Å². The Hall–Kier alpha value is -2.83. The molecule has 0 unspecified atom stereocenters. The van der Waals surface area contributed by atoms with Crippen LogP contribution in [0.2, 0.25) is 0 Å². The molecule has 1 N–H and O–H groups in total. The highest BCUT2D eigenvalue weighted by Gasteiger charge is 2.24. The predicted octanol–water partition coefficient (Wildman–Crippen LogP) is 1.98.